The van der Waals surface area contributed by atoms with Crippen molar-refractivity contribution in [1.82, 2.24) is 4.98 Å². The number of aryl methyl sites for hydroxylation is 1. The molecule has 0 saturated heterocycles. The van der Waals surface area contributed by atoms with Gasteiger partial charge in [-0.3, -0.25) is 0 Å². The second-order valence-electron chi connectivity index (χ2n) is 4.21. The molecule has 0 radical (unpaired) electrons. The van der Waals surface area contributed by atoms with Crippen molar-refractivity contribution in [3.8, 4) is 0 Å². The number of aromatic nitrogens is 1. The Labute approximate surface area is 112 Å². The fourth-order valence-electron chi connectivity index (χ4n) is 2.08. The van der Waals surface area contributed by atoms with Crippen LogP contribution >= 0.6 is 11.6 Å². The fourth-order valence-corrected chi connectivity index (χ4v) is 2.28. The summed E-state index contributed by atoms with van der Waals surface area (Å²) in [6.45, 7) is 5.48. The van der Waals surface area contributed by atoms with Gasteiger partial charge in [0.2, 0.25) is 0 Å². The quantitative estimate of drug-likeness (QED) is 0.913. The third kappa shape index (κ3) is 2.42. The van der Waals surface area contributed by atoms with Gasteiger partial charge in [-0.15, -0.1) is 0 Å². The Morgan fingerprint density at radius 2 is 2.17 bits per heavy atom. The van der Waals surface area contributed by atoms with Crippen molar-refractivity contribution in [3.05, 3.63) is 34.5 Å². The van der Waals surface area contributed by atoms with Gasteiger partial charge in [-0.1, -0.05) is 17.7 Å². The van der Waals surface area contributed by atoms with E-state index in [0.29, 0.717) is 11.6 Å². The molecule has 0 aliphatic carbocycles. The molecule has 0 saturated carbocycles. The highest BCUT2D eigenvalue weighted by Gasteiger charge is 2.10. The summed E-state index contributed by atoms with van der Waals surface area (Å²) in [5.41, 5.74) is 3.95. The maximum Gasteiger partial charge on any atom is 0.0915 e. The van der Waals surface area contributed by atoms with Crippen molar-refractivity contribution in [2.24, 2.45) is 0 Å². The van der Waals surface area contributed by atoms with Crippen molar-refractivity contribution >= 4 is 28.2 Å². The van der Waals surface area contributed by atoms with Crippen LogP contribution in [-0.4, -0.2) is 18.6 Å². The van der Waals surface area contributed by atoms with E-state index in [2.05, 4.69) is 24.1 Å². The second-order valence-corrected chi connectivity index (χ2v) is 4.62. The van der Waals surface area contributed by atoms with E-state index in [0.717, 1.165) is 28.8 Å². The zero-order chi connectivity index (χ0) is 13.1. The van der Waals surface area contributed by atoms with Gasteiger partial charge < -0.3 is 10.1 Å². The molecule has 0 unspecified atom stereocenters. The van der Waals surface area contributed by atoms with E-state index in [1.807, 2.05) is 18.2 Å². The molecule has 0 bridgehead atoms. The van der Waals surface area contributed by atoms with Crippen LogP contribution in [-0.2, 0) is 11.3 Å². The highest BCUT2D eigenvalue weighted by atomic mass is 35.5. The predicted octanol–water partition coefficient (Wildman–Crippen LogP) is 3.77. The molecule has 96 valence electrons. The van der Waals surface area contributed by atoms with E-state index < -0.39 is 0 Å². The molecule has 0 spiro atoms. The molecule has 2 aromatic rings. The van der Waals surface area contributed by atoms with Crippen molar-refractivity contribution in [2.45, 2.75) is 20.5 Å². The summed E-state index contributed by atoms with van der Waals surface area (Å²) in [4.78, 5) is 4.57. The zero-order valence-corrected chi connectivity index (χ0v) is 11.6. The molecular formula is C14H17ClN2O. The van der Waals surface area contributed by atoms with Crippen molar-refractivity contribution in [1.29, 1.82) is 0 Å². The van der Waals surface area contributed by atoms with E-state index >= 15 is 0 Å². The average Bonchev–Trinajstić information content (AvgIpc) is 2.34. The number of hydrogen-bond donors (Lipinski definition) is 1. The first-order valence-electron chi connectivity index (χ1n) is 5.99. The van der Waals surface area contributed by atoms with Gasteiger partial charge in [-0.05, 0) is 31.5 Å². The molecule has 0 atom stereocenters. The highest BCUT2D eigenvalue weighted by molar-refractivity contribution is 6.35. The lowest BCUT2D eigenvalue weighted by Gasteiger charge is -2.13. The van der Waals surface area contributed by atoms with Gasteiger partial charge >= 0.3 is 0 Å². The van der Waals surface area contributed by atoms with Crippen LogP contribution in [0.4, 0.5) is 5.69 Å². The fraction of sp³-hybridized carbons (Fsp3) is 0.357. The number of fused-ring (bicyclic) bond motifs is 1. The molecule has 0 fully saturated rings. The predicted molar refractivity (Wildman–Crippen MR) is 76.4 cm³/mol. The third-order valence-electron chi connectivity index (χ3n) is 2.83. The smallest absolute Gasteiger partial charge is 0.0915 e. The molecule has 0 amide bonds. The van der Waals surface area contributed by atoms with Crippen LogP contribution in [0.15, 0.2) is 18.2 Å². The maximum absolute atomic E-state index is 6.24. The number of ether oxygens (including phenoxy) is 1. The standard InChI is InChI=1S/C14H17ClN2O/c1-4-16-12-7-10(8-18-3)17-14-11(15)6-5-9(2)13(12)14/h5-7H,4,8H2,1-3H3,(H,16,17). The molecule has 1 aromatic heterocycles. The first-order chi connectivity index (χ1) is 8.67. The van der Waals surface area contributed by atoms with Crippen LogP contribution in [0.25, 0.3) is 10.9 Å². The number of anilines is 1. The van der Waals surface area contributed by atoms with E-state index in [1.165, 1.54) is 5.56 Å². The lowest BCUT2D eigenvalue weighted by Crippen LogP contribution is -2.02. The minimum Gasteiger partial charge on any atom is -0.385 e. The molecule has 1 aromatic carbocycles. The van der Waals surface area contributed by atoms with Crippen LogP contribution in [0.2, 0.25) is 5.02 Å². The van der Waals surface area contributed by atoms with Gasteiger partial charge in [0.05, 0.1) is 22.8 Å². The summed E-state index contributed by atoms with van der Waals surface area (Å²) in [5, 5.41) is 5.12. The monoisotopic (exact) mass is 264 g/mol. The average molecular weight is 265 g/mol. The van der Waals surface area contributed by atoms with Gasteiger partial charge in [0.15, 0.2) is 0 Å². The number of nitrogens with zero attached hydrogens (tertiary/aromatic N) is 1. The molecular weight excluding hydrogens is 248 g/mol. The number of benzene rings is 1. The van der Waals surface area contributed by atoms with Crippen LogP contribution in [0.1, 0.15) is 18.2 Å². The number of methoxy groups -OCH3 is 1. The minimum absolute atomic E-state index is 0.485. The number of pyridine rings is 1. The highest BCUT2D eigenvalue weighted by Crippen LogP contribution is 2.31. The van der Waals surface area contributed by atoms with E-state index in [1.54, 1.807) is 7.11 Å². The summed E-state index contributed by atoms with van der Waals surface area (Å²) in [7, 11) is 1.66. The molecule has 0 aliphatic rings. The Hall–Kier alpha value is -1.32. The largest absolute Gasteiger partial charge is 0.385 e. The number of halogens is 1. The lowest BCUT2D eigenvalue weighted by atomic mass is 10.1. The van der Waals surface area contributed by atoms with Crippen molar-refractivity contribution in [2.75, 3.05) is 19.0 Å². The molecule has 1 N–H and O–H groups in total. The number of nitrogens with one attached hydrogen (secondary N) is 1. The first kappa shape index (κ1) is 13.1. The van der Waals surface area contributed by atoms with Gasteiger partial charge in [0.1, 0.15) is 0 Å². The van der Waals surface area contributed by atoms with E-state index in [9.17, 15) is 0 Å². The summed E-state index contributed by atoms with van der Waals surface area (Å²) < 4.78 is 5.15. The van der Waals surface area contributed by atoms with Crippen LogP contribution in [0.3, 0.4) is 0 Å². The Bertz CT molecular complexity index is 569. The first-order valence-corrected chi connectivity index (χ1v) is 6.36. The lowest BCUT2D eigenvalue weighted by molar-refractivity contribution is 0.182. The van der Waals surface area contributed by atoms with Gasteiger partial charge in [-0.25, -0.2) is 4.98 Å². The molecule has 0 aliphatic heterocycles. The van der Waals surface area contributed by atoms with Crippen molar-refractivity contribution < 1.29 is 4.74 Å². The minimum atomic E-state index is 0.485. The van der Waals surface area contributed by atoms with Gasteiger partial charge in [0.25, 0.3) is 0 Å². The van der Waals surface area contributed by atoms with E-state index in [4.69, 9.17) is 16.3 Å². The summed E-state index contributed by atoms with van der Waals surface area (Å²) >= 11 is 6.24. The Kier molecular flexibility index (Phi) is 4.04. The summed E-state index contributed by atoms with van der Waals surface area (Å²) in [6, 6.07) is 5.93. The molecule has 2 rings (SSSR count). The molecule has 1 heterocycles. The van der Waals surface area contributed by atoms with Crippen molar-refractivity contribution in [3.63, 3.8) is 0 Å². The Morgan fingerprint density at radius 1 is 1.39 bits per heavy atom. The van der Waals surface area contributed by atoms with E-state index in [-0.39, 0.29) is 0 Å². The summed E-state index contributed by atoms with van der Waals surface area (Å²) in [6.07, 6.45) is 0. The van der Waals surface area contributed by atoms with Crippen LogP contribution < -0.4 is 5.32 Å². The van der Waals surface area contributed by atoms with Crippen LogP contribution in [0.5, 0.6) is 0 Å². The second kappa shape index (κ2) is 5.55. The van der Waals surface area contributed by atoms with Crippen LogP contribution in [0, 0.1) is 6.92 Å². The summed E-state index contributed by atoms with van der Waals surface area (Å²) in [5.74, 6) is 0. The van der Waals surface area contributed by atoms with Gasteiger partial charge in [-0.2, -0.15) is 0 Å². The Balaban J connectivity index is 2.72. The molecule has 3 nitrogen and oxygen atoms in total. The maximum atomic E-state index is 6.24. The molecule has 18 heavy (non-hydrogen) atoms. The normalized spacial score (nSPS) is 10.9. The van der Waals surface area contributed by atoms with Gasteiger partial charge in [0, 0.05) is 24.7 Å². The topological polar surface area (TPSA) is 34.1 Å². The number of hydrogen-bond acceptors (Lipinski definition) is 3. The third-order valence-corrected chi connectivity index (χ3v) is 3.14. The SMILES string of the molecule is CCNc1cc(COC)nc2c(Cl)ccc(C)c12. The molecule has 4 heteroatoms. The zero-order valence-electron chi connectivity index (χ0n) is 10.9. The number of rotatable bonds is 4. The Morgan fingerprint density at radius 3 is 2.83 bits per heavy atom.